The van der Waals surface area contributed by atoms with Crippen LogP contribution in [-0.4, -0.2) is 12.5 Å². The molecule has 0 spiro atoms. The van der Waals surface area contributed by atoms with Crippen molar-refractivity contribution in [1.29, 1.82) is 0 Å². The summed E-state index contributed by atoms with van der Waals surface area (Å²) in [6.45, 7) is 4.48. The van der Waals surface area contributed by atoms with Crippen LogP contribution in [0.4, 0.5) is 5.69 Å². The van der Waals surface area contributed by atoms with Crippen molar-refractivity contribution in [2.75, 3.05) is 11.9 Å². The van der Waals surface area contributed by atoms with Gasteiger partial charge in [0.25, 0.3) is 0 Å². The molecule has 0 aromatic heterocycles. The van der Waals surface area contributed by atoms with E-state index >= 15 is 0 Å². The van der Waals surface area contributed by atoms with Gasteiger partial charge in [0.15, 0.2) is 0 Å². The van der Waals surface area contributed by atoms with E-state index in [0.29, 0.717) is 13.0 Å². The van der Waals surface area contributed by atoms with Crippen molar-refractivity contribution in [2.45, 2.75) is 20.3 Å². The zero-order valence-electron chi connectivity index (χ0n) is 11.8. The Labute approximate surface area is 119 Å². The fourth-order valence-electron chi connectivity index (χ4n) is 1.81. The lowest BCUT2D eigenvalue weighted by Crippen LogP contribution is -2.15. The molecule has 2 rings (SSSR count). The van der Waals surface area contributed by atoms with Gasteiger partial charge in [-0.15, -0.1) is 0 Å². The Kier molecular flexibility index (Phi) is 4.77. The molecule has 0 heterocycles. The molecule has 0 atom stereocenters. The van der Waals surface area contributed by atoms with Crippen molar-refractivity contribution in [3.63, 3.8) is 0 Å². The molecule has 1 amide bonds. The standard InChI is InChI=1S/C17H19NO2/c1-13-8-9-16(12-14(13)2)20-11-10-17(19)18-15-6-4-3-5-7-15/h3-9,12H,10-11H2,1-2H3,(H,18,19). The van der Waals surface area contributed by atoms with Gasteiger partial charge in [0.1, 0.15) is 5.75 Å². The second kappa shape index (κ2) is 6.75. The number of amides is 1. The predicted octanol–water partition coefficient (Wildman–Crippen LogP) is 3.71. The third kappa shape index (κ3) is 4.12. The van der Waals surface area contributed by atoms with Gasteiger partial charge in [-0.25, -0.2) is 0 Å². The zero-order chi connectivity index (χ0) is 14.4. The van der Waals surface area contributed by atoms with Gasteiger partial charge >= 0.3 is 0 Å². The van der Waals surface area contributed by atoms with Gasteiger partial charge in [-0.05, 0) is 49.2 Å². The number of ether oxygens (including phenoxy) is 1. The molecule has 3 nitrogen and oxygen atoms in total. The summed E-state index contributed by atoms with van der Waals surface area (Å²) in [6, 6.07) is 15.4. The van der Waals surface area contributed by atoms with Crippen LogP contribution in [0.25, 0.3) is 0 Å². The summed E-state index contributed by atoms with van der Waals surface area (Å²) in [6.07, 6.45) is 0.335. The molecule has 3 heteroatoms. The number of carbonyl (C=O) groups is 1. The molecular weight excluding hydrogens is 250 g/mol. The van der Waals surface area contributed by atoms with Crippen LogP contribution < -0.4 is 10.1 Å². The molecule has 0 aliphatic carbocycles. The van der Waals surface area contributed by atoms with Crippen molar-refractivity contribution in [2.24, 2.45) is 0 Å². The predicted molar refractivity (Wildman–Crippen MR) is 81.1 cm³/mol. The third-order valence-corrected chi connectivity index (χ3v) is 3.13. The Morgan fingerprint density at radius 1 is 1.05 bits per heavy atom. The minimum absolute atomic E-state index is 0.0416. The van der Waals surface area contributed by atoms with Crippen LogP contribution in [-0.2, 0) is 4.79 Å². The van der Waals surface area contributed by atoms with Gasteiger partial charge < -0.3 is 10.1 Å². The monoisotopic (exact) mass is 269 g/mol. The molecular formula is C17H19NO2. The van der Waals surface area contributed by atoms with Gasteiger partial charge in [-0.2, -0.15) is 0 Å². The van der Waals surface area contributed by atoms with Crippen LogP contribution in [0.3, 0.4) is 0 Å². The molecule has 0 radical (unpaired) electrons. The maximum atomic E-state index is 11.7. The molecule has 0 unspecified atom stereocenters. The summed E-state index contributed by atoms with van der Waals surface area (Å²) in [5.74, 6) is 0.764. The number of anilines is 1. The topological polar surface area (TPSA) is 38.3 Å². The Balaban J connectivity index is 1.78. The van der Waals surface area contributed by atoms with Crippen LogP contribution in [0.1, 0.15) is 17.5 Å². The van der Waals surface area contributed by atoms with Crippen molar-refractivity contribution in [1.82, 2.24) is 0 Å². The Bertz CT molecular complexity index is 579. The molecule has 104 valence electrons. The first kappa shape index (κ1) is 14.1. The fourth-order valence-corrected chi connectivity index (χ4v) is 1.81. The maximum Gasteiger partial charge on any atom is 0.227 e. The van der Waals surface area contributed by atoms with E-state index in [4.69, 9.17) is 4.74 Å². The van der Waals surface area contributed by atoms with E-state index in [2.05, 4.69) is 12.2 Å². The van der Waals surface area contributed by atoms with Crippen LogP contribution in [0.15, 0.2) is 48.5 Å². The molecule has 0 aliphatic rings. The number of benzene rings is 2. The normalized spacial score (nSPS) is 10.1. The number of para-hydroxylation sites is 1. The summed E-state index contributed by atoms with van der Waals surface area (Å²) >= 11 is 0. The van der Waals surface area contributed by atoms with E-state index in [-0.39, 0.29) is 5.91 Å². The second-order valence-corrected chi connectivity index (χ2v) is 4.76. The average Bonchev–Trinajstić information content (AvgIpc) is 2.44. The number of carbonyl (C=O) groups excluding carboxylic acids is 1. The quantitative estimate of drug-likeness (QED) is 0.898. The highest BCUT2D eigenvalue weighted by Gasteiger charge is 2.03. The number of hydrogen-bond donors (Lipinski definition) is 1. The molecule has 0 bridgehead atoms. The van der Waals surface area contributed by atoms with E-state index in [1.807, 2.05) is 55.5 Å². The molecule has 2 aromatic rings. The molecule has 0 fully saturated rings. The smallest absolute Gasteiger partial charge is 0.227 e. The van der Waals surface area contributed by atoms with Gasteiger partial charge in [0.05, 0.1) is 13.0 Å². The molecule has 1 N–H and O–H groups in total. The Morgan fingerprint density at radius 2 is 1.80 bits per heavy atom. The molecule has 2 aromatic carbocycles. The van der Waals surface area contributed by atoms with E-state index in [1.54, 1.807) is 0 Å². The second-order valence-electron chi connectivity index (χ2n) is 4.76. The minimum atomic E-state index is -0.0416. The van der Waals surface area contributed by atoms with E-state index in [0.717, 1.165) is 11.4 Å². The van der Waals surface area contributed by atoms with Gasteiger partial charge in [-0.1, -0.05) is 24.3 Å². The highest BCUT2D eigenvalue weighted by atomic mass is 16.5. The van der Waals surface area contributed by atoms with E-state index in [9.17, 15) is 4.79 Å². The summed E-state index contributed by atoms with van der Waals surface area (Å²) in [4.78, 5) is 11.7. The largest absolute Gasteiger partial charge is 0.493 e. The van der Waals surface area contributed by atoms with Crippen molar-refractivity contribution in [3.8, 4) is 5.75 Å². The lowest BCUT2D eigenvalue weighted by Gasteiger charge is -2.09. The fraction of sp³-hybridized carbons (Fsp3) is 0.235. The first-order chi connectivity index (χ1) is 9.65. The average molecular weight is 269 g/mol. The zero-order valence-corrected chi connectivity index (χ0v) is 11.8. The third-order valence-electron chi connectivity index (χ3n) is 3.13. The lowest BCUT2D eigenvalue weighted by molar-refractivity contribution is -0.116. The molecule has 0 aliphatic heterocycles. The number of nitrogens with one attached hydrogen (secondary N) is 1. The van der Waals surface area contributed by atoms with Gasteiger partial charge in [-0.3, -0.25) is 4.79 Å². The van der Waals surface area contributed by atoms with Gasteiger partial charge in [0, 0.05) is 5.69 Å². The van der Waals surface area contributed by atoms with Crippen molar-refractivity contribution in [3.05, 3.63) is 59.7 Å². The molecule has 20 heavy (non-hydrogen) atoms. The van der Waals surface area contributed by atoms with Crippen LogP contribution >= 0.6 is 0 Å². The highest BCUT2D eigenvalue weighted by molar-refractivity contribution is 5.90. The molecule has 0 saturated carbocycles. The summed E-state index contributed by atoms with van der Waals surface area (Å²) < 4.78 is 5.59. The SMILES string of the molecule is Cc1ccc(OCCC(=O)Nc2ccccc2)cc1C. The minimum Gasteiger partial charge on any atom is -0.493 e. The Morgan fingerprint density at radius 3 is 2.50 bits per heavy atom. The Hall–Kier alpha value is -2.29. The van der Waals surface area contributed by atoms with Gasteiger partial charge in [0.2, 0.25) is 5.91 Å². The van der Waals surface area contributed by atoms with Crippen LogP contribution in [0.2, 0.25) is 0 Å². The summed E-state index contributed by atoms with van der Waals surface area (Å²) in [7, 11) is 0. The van der Waals surface area contributed by atoms with Crippen LogP contribution in [0, 0.1) is 13.8 Å². The maximum absolute atomic E-state index is 11.7. The van der Waals surface area contributed by atoms with Crippen molar-refractivity contribution >= 4 is 11.6 Å². The first-order valence-electron chi connectivity index (χ1n) is 6.70. The summed E-state index contributed by atoms with van der Waals surface area (Å²) in [5.41, 5.74) is 3.24. The van der Waals surface area contributed by atoms with E-state index < -0.39 is 0 Å². The number of aryl methyl sites for hydroxylation is 2. The first-order valence-corrected chi connectivity index (χ1v) is 6.70. The lowest BCUT2D eigenvalue weighted by atomic mass is 10.1. The highest BCUT2D eigenvalue weighted by Crippen LogP contribution is 2.16. The van der Waals surface area contributed by atoms with E-state index in [1.165, 1.54) is 11.1 Å². The number of hydrogen-bond acceptors (Lipinski definition) is 2. The molecule has 0 saturated heterocycles. The van der Waals surface area contributed by atoms with Crippen molar-refractivity contribution < 1.29 is 9.53 Å². The number of rotatable bonds is 5. The summed E-state index contributed by atoms with van der Waals surface area (Å²) in [5, 5.41) is 2.83. The van der Waals surface area contributed by atoms with Crippen LogP contribution in [0.5, 0.6) is 5.75 Å².